The predicted octanol–water partition coefficient (Wildman–Crippen LogP) is 5.84. The summed E-state index contributed by atoms with van der Waals surface area (Å²) in [5, 5.41) is 12.8. The van der Waals surface area contributed by atoms with Gasteiger partial charge in [-0.3, -0.25) is 4.79 Å². The highest BCUT2D eigenvalue weighted by Crippen LogP contribution is 2.36. The summed E-state index contributed by atoms with van der Waals surface area (Å²) in [4.78, 5) is 18.5. The van der Waals surface area contributed by atoms with Crippen molar-refractivity contribution in [1.29, 1.82) is 5.26 Å². The minimum absolute atomic E-state index is 0.156. The van der Waals surface area contributed by atoms with Crippen LogP contribution in [0.1, 0.15) is 16.8 Å². The maximum atomic E-state index is 12.7. The average Bonchev–Trinajstić information content (AvgIpc) is 3.18. The number of anilines is 1. The molecule has 30 heavy (non-hydrogen) atoms. The standard InChI is InChI=1S/C25H19N3OS/c1-17-10-12-19(13-11-17)24-22(28-25(30-24)20-7-3-2-4-8-20)15-23(29)27-21-9-5-6-18(14-21)16-26/h2-14H,15H2,1H3,(H,27,29). The number of carbonyl (C=O) groups is 1. The van der Waals surface area contributed by atoms with E-state index in [-0.39, 0.29) is 12.3 Å². The Morgan fingerprint density at radius 2 is 1.77 bits per heavy atom. The Morgan fingerprint density at radius 3 is 2.50 bits per heavy atom. The molecule has 3 aromatic carbocycles. The molecule has 1 aromatic heterocycles. The first kappa shape index (κ1) is 19.6. The Labute approximate surface area is 179 Å². The van der Waals surface area contributed by atoms with Crippen LogP contribution in [0.3, 0.4) is 0 Å². The number of nitriles is 1. The number of amides is 1. The molecule has 0 saturated carbocycles. The van der Waals surface area contributed by atoms with Gasteiger partial charge in [0.25, 0.3) is 0 Å². The highest BCUT2D eigenvalue weighted by molar-refractivity contribution is 7.18. The number of hydrogen-bond donors (Lipinski definition) is 1. The molecule has 0 aliphatic heterocycles. The fourth-order valence-corrected chi connectivity index (χ4v) is 4.22. The zero-order valence-corrected chi connectivity index (χ0v) is 17.2. The van der Waals surface area contributed by atoms with E-state index in [1.807, 2.05) is 30.3 Å². The molecule has 0 radical (unpaired) electrons. The van der Waals surface area contributed by atoms with Gasteiger partial charge in [0, 0.05) is 11.3 Å². The molecule has 0 aliphatic carbocycles. The lowest BCUT2D eigenvalue weighted by Crippen LogP contribution is -2.15. The minimum atomic E-state index is -0.164. The first-order valence-electron chi connectivity index (χ1n) is 9.54. The summed E-state index contributed by atoms with van der Waals surface area (Å²) in [6.45, 7) is 2.05. The molecule has 1 heterocycles. The van der Waals surface area contributed by atoms with Crippen LogP contribution in [0, 0.1) is 18.3 Å². The molecular weight excluding hydrogens is 390 g/mol. The molecule has 0 fully saturated rings. The zero-order valence-electron chi connectivity index (χ0n) is 16.4. The van der Waals surface area contributed by atoms with Crippen LogP contribution < -0.4 is 5.32 Å². The van der Waals surface area contributed by atoms with Crippen molar-refractivity contribution in [3.8, 4) is 27.1 Å². The van der Waals surface area contributed by atoms with Crippen molar-refractivity contribution in [3.05, 3.63) is 95.7 Å². The lowest BCUT2D eigenvalue weighted by molar-refractivity contribution is -0.115. The number of nitrogens with zero attached hydrogens (tertiary/aromatic N) is 2. The Hall–Kier alpha value is -3.75. The number of nitrogens with one attached hydrogen (secondary N) is 1. The van der Waals surface area contributed by atoms with Gasteiger partial charge in [0.2, 0.25) is 5.91 Å². The second kappa shape index (κ2) is 8.73. The Kier molecular flexibility index (Phi) is 5.69. The van der Waals surface area contributed by atoms with Gasteiger partial charge >= 0.3 is 0 Å². The Balaban J connectivity index is 1.65. The van der Waals surface area contributed by atoms with E-state index in [9.17, 15) is 4.79 Å². The molecule has 1 N–H and O–H groups in total. The van der Waals surface area contributed by atoms with Crippen LogP contribution in [0.25, 0.3) is 21.0 Å². The summed E-state index contributed by atoms with van der Waals surface area (Å²) in [6, 6.07) is 27.2. The molecule has 0 spiro atoms. The first-order valence-corrected chi connectivity index (χ1v) is 10.4. The minimum Gasteiger partial charge on any atom is -0.326 e. The van der Waals surface area contributed by atoms with Crippen LogP contribution in [0.2, 0.25) is 0 Å². The van der Waals surface area contributed by atoms with E-state index in [1.165, 1.54) is 5.56 Å². The predicted molar refractivity (Wildman–Crippen MR) is 121 cm³/mol. The first-order chi connectivity index (χ1) is 14.6. The lowest BCUT2D eigenvalue weighted by Gasteiger charge is -2.06. The van der Waals surface area contributed by atoms with Crippen molar-refractivity contribution < 1.29 is 4.79 Å². The normalized spacial score (nSPS) is 10.4. The van der Waals surface area contributed by atoms with Crippen molar-refractivity contribution in [2.75, 3.05) is 5.32 Å². The largest absolute Gasteiger partial charge is 0.326 e. The third kappa shape index (κ3) is 4.45. The van der Waals surface area contributed by atoms with Crippen molar-refractivity contribution in [3.63, 3.8) is 0 Å². The van der Waals surface area contributed by atoms with E-state index < -0.39 is 0 Å². The maximum Gasteiger partial charge on any atom is 0.230 e. The fraction of sp³-hybridized carbons (Fsp3) is 0.0800. The molecule has 146 valence electrons. The van der Waals surface area contributed by atoms with Crippen LogP contribution in [-0.2, 0) is 11.2 Å². The van der Waals surface area contributed by atoms with Gasteiger partial charge in [-0.05, 0) is 30.7 Å². The lowest BCUT2D eigenvalue weighted by atomic mass is 10.1. The molecule has 4 nitrogen and oxygen atoms in total. The van der Waals surface area contributed by atoms with Crippen LogP contribution in [0.4, 0.5) is 5.69 Å². The molecule has 0 saturated heterocycles. The number of aryl methyl sites for hydroxylation is 1. The second-order valence-corrected chi connectivity index (χ2v) is 7.94. The molecule has 5 heteroatoms. The topological polar surface area (TPSA) is 65.8 Å². The van der Waals surface area contributed by atoms with Crippen molar-refractivity contribution in [2.45, 2.75) is 13.3 Å². The number of rotatable bonds is 5. The highest BCUT2D eigenvalue weighted by Gasteiger charge is 2.17. The van der Waals surface area contributed by atoms with E-state index in [0.717, 1.165) is 26.7 Å². The van der Waals surface area contributed by atoms with Crippen LogP contribution in [0.15, 0.2) is 78.9 Å². The van der Waals surface area contributed by atoms with Crippen molar-refractivity contribution >= 4 is 22.9 Å². The van der Waals surface area contributed by atoms with Gasteiger partial charge in [-0.15, -0.1) is 11.3 Å². The zero-order chi connectivity index (χ0) is 20.9. The molecule has 4 rings (SSSR count). The van der Waals surface area contributed by atoms with E-state index in [0.29, 0.717) is 11.3 Å². The Bertz CT molecular complexity index is 1220. The van der Waals surface area contributed by atoms with E-state index >= 15 is 0 Å². The monoisotopic (exact) mass is 409 g/mol. The van der Waals surface area contributed by atoms with E-state index in [2.05, 4.69) is 42.6 Å². The fourth-order valence-electron chi connectivity index (χ4n) is 3.13. The third-order valence-corrected chi connectivity index (χ3v) is 5.83. The quantitative estimate of drug-likeness (QED) is 0.450. The van der Waals surface area contributed by atoms with Gasteiger partial charge in [-0.1, -0.05) is 66.2 Å². The number of benzene rings is 3. The summed E-state index contributed by atoms with van der Waals surface area (Å²) >= 11 is 1.59. The van der Waals surface area contributed by atoms with Crippen LogP contribution in [-0.4, -0.2) is 10.9 Å². The summed E-state index contributed by atoms with van der Waals surface area (Å²) < 4.78 is 0. The number of carbonyl (C=O) groups excluding carboxylic acids is 1. The van der Waals surface area contributed by atoms with Crippen LogP contribution >= 0.6 is 11.3 Å². The maximum absolute atomic E-state index is 12.7. The summed E-state index contributed by atoms with van der Waals surface area (Å²) in [6.07, 6.45) is 0.156. The summed E-state index contributed by atoms with van der Waals surface area (Å²) in [5.74, 6) is -0.164. The van der Waals surface area contributed by atoms with Gasteiger partial charge in [-0.2, -0.15) is 5.26 Å². The molecular formula is C25H19N3OS. The van der Waals surface area contributed by atoms with Gasteiger partial charge in [0.1, 0.15) is 5.01 Å². The summed E-state index contributed by atoms with van der Waals surface area (Å²) in [5.41, 5.74) is 5.13. The second-order valence-electron chi connectivity index (χ2n) is 6.94. The van der Waals surface area contributed by atoms with Gasteiger partial charge in [0.15, 0.2) is 0 Å². The SMILES string of the molecule is Cc1ccc(-c2sc(-c3ccccc3)nc2CC(=O)Nc2cccc(C#N)c2)cc1. The van der Waals surface area contributed by atoms with Crippen molar-refractivity contribution in [2.24, 2.45) is 0 Å². The average molecular weight is 410 g/mol. The molecule has 4 aromatic rings. The Morgan fingerprint density at radius 1 is 1.00 bits per heavy atom. The number of thiazole rings is 1. The number of aromatic nitrogens is 1. The van der Waals surface area contributed by atoms with Crippen molar-refractivity contribution in [1.82, 2.24) is 4.98 Å². The third-order valence-electron chi connectivity index (χ3n) is 4.64. The molecule has 0 bridgehead atoms. The highest BCUT2D eigenvalue weighted by atomic mass is 32.1. The molecule has 0 unspecified atom stereocenters. The summed E-state index contributed by atoms with van der Waals surface area (Å²) in [7, 11) is 0. The van der Waals surface area contributed by atoms with E-state index in [4.69, 9.17) is 10.2 Å². The smallest absolute Gasteiger partial charge is 0.230 e. The molecule has 0 aliphatic rings. The van der Waals surface area contributed by atoms with Gasteiger partial charge in [-0.25, -0.2) is 4.98 Å². The van der Waals surface area contributed by atoms with E-state index in [1.54, 1.807) is 35.6 Å². The number of hydrogen-bond acceptors (Lipinski definition) is 4. The van der Waals surface area contributed by atoms with Crippen LogP contribution in [0.5, 0.6) is 0 Å². The van der Waals surface area contributed by atoms with Gasteiger partial charge in [0.05, 0.1) is 28.6 Å². The molecule has 1 amide bonds. The molecule has 0 atom stereocenters. The van der Waals surface area contributed by atoms with Gasteiger partial charge < -0.3 is 5.32 Å².